The number of halogens is 2. The number of nitrogens with zero attached hydrogens (tertiary/aromatic N) is 7. The van der Waals surface area contributed by atoms with E-state index < -0.39 is 0 Å². The highest BCUT2D eigenvalue weighted by Gasteiger charge is 2.16. The Bertz CT molecular complexity index is 1050. The van der Waals surface area contributed by atoms with Crippen molar-refractivity contribution in [1.82, 2.24) is 39.8 Å². The van der Waals surface area contributed by atoms with Gasteiger partial charge in [0.25, 0.3) is 0 Å². The molecule has 1 N–H and O–H groups in total. The molecule has 0 aliphatic carbocycles. The molecule has 0 atom stereocenters. The minimum Gasteiger partial charge on any atom is -0.339 e. The van der Waals surface area contributed by atoms with Gasteiger partial charge in [0, 0.05) is 56.4 Å². The fraction of sp³-hybridized carbons (Fsp3) is 0.316. The summed E-state index contributed by atoms with van der Waals surface area (Å²) in [5.41, 5.74) is 2.93. The third kappa shape index (κ3) is 4.53. The van der Waals surface area contributed by atoms with E-state index in [4.69, 9.17) is 9.62 Å². The van der Waals surface area contributed by atoms with Gasteiger partial charge in [-0.3, -0.25) is 9.67 Å². The first-order valence-electron chi connectivity index (χ1n) is 9.39. The van der Waals surface area contributed by atoms with Gasteiger partial charge in [-0.25, -0.2) is 4.98 Å². The van der Waals surface area contributed by atoms with Crippen LogP contribution in [0, 0.1) is 0 Å². The average Bonchev–Trinajstić information content (AvgIpc) is 3.44. The Morgan fingerprint density at radius 2 is 2.13 bits per heavy atom. The molecule has 158 valence electrons. The van der Waals surface area contributed by atoms with Crippen molar-refractivity contribution in [3.63, 3.8) is 0 Å². The summed E-state index contributed by atoms with van der Waals surface area (Å²) < 4.78 is 9.54. The monoisotopic (exact) mass is 448 g/mol. The van der Waals surface area contributed by atoms with Gasteiger partial charge in [-0.15, -0.1) is 24.8 Å². The minimum atomic E-state index is 0. The largest absolute Gasteiger partial charge is 0.339 e. The smallest absolute Gasteiger partial charge is 0.228 e. The second-order valence-corrected chi connectivity index (χ2v) is 6.72. The third-order valence-electron chi connectivity index (χ3n) is 4.79. The summed E-state index contributed by atoms with van der Waals surface area (Å²) in [7, 11) is 0. The summed E-state index contributed by atoms with van der Waals surface area (Å²) >= 11 is 0. The van der Waals surface area contributed by atoms with Crippen LogP contribution in [0.5, 0.6) is 0 Å². The van der Waals surface area contributed by atoms with Gasteiger partial charge in [0.15, 0.2) is 5.82 Å². The van der Waals surface area contributed by atoms with Crippen LogP contribution in [0.2, 0.25) is 0 Å². The van der Waals surface area contributed by atoms with Gasteiger partial charge in [-0.2, -0.15) is 10.1 Å². The van der Waals surface area contributed by atoms with Crippen LogP contribution < -0.4 is 5.32 Å². The topological polar surface area (TPSA) is 99.5 Å². The zero-order valence-electron chi connectivity index (χ0n) is 16.1. The van der Waals surface area contributed by atoms with Crippen molar-refractivity contribution in [3.05, 3.63) is 54.6 Å². The first-order chi connectivity index (χ1) is 13.9. The molecule has 4 aromatic heterocycles. The average molecular weight is 449 g/mol. The number of imidazole rings is 1. The molecule has 0 fully saturated rings. The van der Waals surface area contributed by atoms with Gasteiger partial charge in [0.05, 0.1) is 5.69 Å². The van der Waals surface area contributed by atoms with Crippen molar-refractivity contribution in [2.24, 2.45) is 0 Å². The van der Waals surface area contributed by atoms with Crippen molar-refractivity contribution in [2.75, 3.05) is 6.54 Å². The van der Waals surface area contributed by atoms with Crippen LogP contribution in [0.1, 0.15) is 18.0 Å². The Morgan fingerprint density at radius 1 is 1.20 bits per heavy atom. The number of nitrogens with one attached hydrogen (secondary N) is 1. The van der Waals surface area contributed by atoms with E-state index in [1.165, 1.54) is 5.69 Å². The van der Waals surface area contributed by atoms with Crippen LogP contribution >= 0.6 is 24.8 Å². The lowest BCUT2D eigenvalue weighted by Gasteiger charge is -2.04. The third-order valence-corrected chi connectivity index (χ3v) is 4.79. The molecule has 30 heavy (non-hydrogen) atoms. The molecule has 11 heteroatoms. The molecule has 0 unspecified atom stereocenters. The van der Waals surface area contributed by atoms with E-state index >= 15 is 0 Å². The van der Waals surface area contributed by atoms with Crippen LogP contribution in [0.15, 0.2) is 47.5 Å². The lowest BCUT2D eigenvalue weighted by molar-refractivity contribution is 0.372. The van der Waals surface area contributed by atoms with E-state index in [0.717, 1.165) is 43.1 Å². The van der Waals surface area contributed by atoms with Crippen molar-refractivity contribution >= 4 is 24.8 Å². The summed E-state index contributed by atoms with van der Waals surface area (Å²) in [6.45, 7) is 3.48. The van der Waals surface area contributed by atoms with Crippen molar-refractivity contribution < 1.29 is 4.52 Å². The number of fused-ring (bicyclic) bond motifs is 1. The van der Waals surface area contributed by atoms with E-state index in [2.05, 4.69) is 40.7 Å². The lowest BCUT2D eigenvalue weighted by atomic mass is 10.3. The van der Waals surface area contributed by atoms with Crippen LogP contribution in [0.25, 0.3) is 22.9 Å². The number of hydrogen-bond acceptors (Lipinski definition) is 7. The molecule has 1 aliphatic heterocycles. The van der Waals surface area contributed by atoms with E-state index in [1.807, 2.05) is 18.3 Å². The van der Waals surface area contributed by atoms with Gasteiger partial charge in [-0.1, -0.05) is 5.16 Å². The molecular weight excluding hydrogens is 427 g/mol. The Morgan fingerprint density at radius 3 is 3.00 bits per heavy atom. The highest BCUT2D eigenvalue weighted by Crippen LogP contribution is 2.20. The molecule has 1 aliphatic rings. The molecule has 0 bridgehead atoms. The highest BCUT2D eigenvalue weighted by atomic mass is 35.5. The standard InChI is InChI=1S/C19H20N8O.2ClH/c1-3-14(12-20-5-1)18-23-17(28-25-18)4-9-26-10-7-22-19(26)16-11-15-13-21-6-2-8-27(15)24-16;;/h1,3,5,7,10-12,21H,2,4,6,8-9,13H2;2*1H. The summed E-state index contributed by atoms with van der Waals surface area (Å²) in [6.07, 6.45) is 8.89. The number of rotatable bonds is 5. The quantitative estimate of drug-likeness (QED) is 0.500. The molecule has 9 nitrogen and oxygen atoms in total. The van der Waals surface area contributed by atoms with Gasteiger partial charge in [0.1, 0.15) is 5.69 Å². The number of aromatic nitrogens is 7. The molecule has 0 saturated heterocycles. The minimum absolute atomic E-state index is 0. The number of hydrogen-bond donors (Lipinski definition) is 1. The van der Waals surface area contributed by atoms with E-state index in [-0.39, 0.29) is 24.8 Å². The van der Waals surface area contributed by atoms with E-state index in [0.29, 0.717) is 24.7 Å². The Kier molecular flexibility index (Phi) is 7.20. The zero-order valence-corrected chi connectivity index (χ0v) is 17.8. The van der Waals surface area contributed by atoms with Gasteiger partial charge >= 0.3 is 0 Å². The second kappa shape index (κ2) is 9.84. The highest BCUT2D eigenvalue weighted by molar-refractivity contribution is 5.85. The Hall–Kier alpha value is -2.75. The van der Waals surface area contributed by atoms with E-state index in [9.17, 15) is 0 Å². The summed E-state index contributed by atoms with van der Waals surface area (Å²) in [4.78, 5) is 13.1. The van der Waals surface area contributed by atoms with Crippen LogP contribution in [-0.4, -0.2) is 41.0 Å². The second-order valence-electron chi connectivity index (χ2n) is 6.72. The summed E-state index contributed by atoms with van der Waals surface area (Å²) in [5, 5.41) is 12.2. The Labute approximate surface area is 185 Å². The first-order valence-corrected chi connectivity index (χ1v) is 9.39. The molecular formula is C19H22Cl2N8O. The normalized spacial score (nSPS) is 13.1. The fourth-order valence-electron chi connectivity index (χ4n) is 3.38. The van der Waals surface area contributed by atoms with Crippen LogP contribution in [0.4, 0.5) is 0 Å². The molecule has 5 rings (SSSR count). The summed E-state index contributed by atoms with van der Waals surface area (Å²) in [5.74, 6) is 2.00. The zero-order chi connectivity index (χ0) is 18.8. The van der Waals surface area contributed by atoms with Crippen molar-refractivity contribution in [1.29, 1.82) is 0 Å². The van der Waals surface area contributed by atoms with Crippen molar-refractivity contribution in [3.8, 4) is 22.9 Å². The van der Waals surface area contributed by atoms with Gasteiger partial charge < -0.3 is 14.4 Å². The Balaban J connectivity index is 0.00000128. The fourth-order valence-corrected chi connectivity index (χ4v) is 3.38. The molecule has 0 spiro atoms. The maximum absolute atomic E-state index is 5.39. The lowest BCUT2D eigenvalue weighted by Crippen LogP contribution is -2.11. The number of pyridine rings is 1. The van der Waals surface area contributed by atoms with Crippen molar-refractivity contribution in [2.45, 2.75) is 32.5 Å². The van der Waals surface area contributed by atoms with Crippen LogP contribution in [-0.2, 0) is 26.1 Å². The summed E-state index contributed by atoms with van der Waals surface area (Å²) in [6, 6.07) is 5.88. The van der Waals surface area contributed by atoms with Gasteiger partial charge in [0.2, 0.25) is 11.7 Å². The number of aryl methyl sites for hydroxylation is 3. The molecule has 0 amide bonds. The predicted octanol–water partition coefficient (Wildman–Crippen LogP) is 2.77. The maximum Gasteiger partial charge on any atom is 0.228 e. The van der Waals surface area contributed by atoms with E-state index in [1.54, 1.807) is 18.6 Å². The molecule has 4 aromatic rings. The maximum atomic E-state index is 5.39. The molecule has 0 radical (unpaired) electrons. The predicted molar refractivity (Wildman–Crippen MR) is 116 cm³/mol. The molecule has 0 saturated carbocycles. The molecule has 0 aromatic carbocycles. The van der Waals surface area contributed by atoms with Crippen LogP contribution in [0.3, 0.4) is 0 Å². The van der Waals surface area contributed by atoms with Gasteiger partial charge in [-0.05, 0) is 31.2 Å². The SMILES string of the molecule is Cl.Cl.c1cncc(-c2noc(CCn3ccnc3-c3cc4n(n3)CCCNC4)n2)c1. The first kappa shape index (κ1) is 21.9. The molecule has 5 heterocycles.